The number of hydrogen-bond acceptors (Lipinski definition) is 6. The molecule has 1 aliphatic heterocycles. The Hall–Kier alpha value is -0.500. The molecule has 0 saturated carbocycles. The van der Waals surface area contributed by atoms with Crippen LogP contribution >= 0.6 is 0 Å². The molecule has 0 spiro atoms. The van der Waals surface area contributed by atoms with Crippen LogP contribution in [0, 0.1) is 11.8 Å². The third-order valence-corrected chi connectivity index (χ3v) is 5.70. The summed E-state index contributed by atoms with van der Waals surface area (Å²) >= 11 is 0. The lowest BCUT2D eigenvalue weighted by Crippen LogP contribution is -2.53. The fourth-order valence-electron chi connectivity index (χ4n) is 3.70. The van der Waals surface area contributed by atoms with Crippen LogP contribution in [-0.2, 0) is 9.47 Å². The van der Waals surface area contributed by atoms with Gasteiger partial charge in [0.1, 0.15) is 18.3 Å². The highest BCUT2D eigenvalue weighted by molar-refractivity contribution is 5.08. The van der Waals surface area contributed by atoms with Gasteiger partial charge in [-0.25, -0.2) is 0 Å². The maximum Gasteiger partial charge on any atom is 0.186 e. The van der Waals surface area contributed by atoms with Crippen molar-refractivity contribution >= 4 is 0 Å². The minimum absolute atomic E-state index is 0.0307. The topological polar surface area (TPSA) is 99.4 Å². The zero-order chi connectivity index (χ0) is 19.3. The summed E-state index contributed by atoms with van der Waals surface area (Å²) in [5, 5.41) is 39.0. The van der Waals surface area contributed by atoms with Crippen molar-refractivity contribution in [2.45, 2.75) is 89.5 Å². The fourth-order valence-corrected chi connectivity index (χ4v) is 3.70. The van der Waals surface area contributed by atoms with Crippen LogP contribution in [-0.4, -0.2) is 63.8 Å². The first-order chi connectivity index (χ1) is 12.2. The van der Waals surface area contributed by atoms with Crippen molar-refractivity contribution in [1.82, 2.24) is 0 Å². The first kappa shape index (κ1) is 21.8. The predicted octanol–water partition coefficient (Wildman–Crippen LogP) is 1.75. The second-order valence-corrected chi connectivity index (χ2v) is 8.57. The number of rotatable bonds is 8. The van der Waals surface area contributed by atoms with Gasteiger partial charge in [0.25, 0.3) is 0 Å². The normalized spacial score (nSPS) is 34.4. The van der Waals surface area contributed by atoms with Gasteiger partial charge in [-0.15, -0.1) is 0 Å². The number of ether oxygens (including phenoxy) is 2. The number of allylic oxidation sites excluding steroid dienone is 2. The van der Waals surface area contributed by atoms with E-state index in [-0.39, 0.29) is 6.61 Å². The van der Waals surface area contributed by atoms with Gasteiger partial charge in [0.15, 0.2) is 6.29 Å². The zero-order valence-corrected chi connectivity index (χ0v) is 16.3. The number of aliphatic hydroxyl groups excluding tert-OH is 3. The van der Waals surface area contributed by atoms with Crippen molar-refractivity contribution in [2.24, 2.45) is 11.8 Å². The molecule has 1 aliphatic carbocycles. The van der Waals surface area contributed by atoms with E-state index in [0.717, 1.165) is 38.5 Å². The second-order valence-electron chi connectivity index (χ2n) is 8.57. The van der Waals surface area contributed by atoms with E-state index in [1.807, 2.05) is 13.8 Å². The molecule has 26 heavy (non-hydrogen) atoms. The molecule has 0 aromatic rings. The molecule has 0 aromatic carbocycles. The van der Waals surface area contributed by atoms with Gasteiger partial charge in [0.2, 0.25) is 0 Å². The Bertz CT molecular complexity index is 458. The summed E-state index contributed by atoms with van der Waals surface area (Å²) in [5.74, 6) is 0.678. The second kappa shape index (κ2) is 9.62. The molecule has 2 rings (SSSR count). The summed E-state index contributed by atoms with van der Waals surface area (Å²) in [4.78, 5) is 0. The van der Waals surface area contributed by atoms with E-state index in [2.05, 4.69) is 13.0 Å². The Morgan fingerprint density at radius 2 is 2.00 bits per heavy atom. The van der Waals surface area contributed by atoms with E-state index in [4.69, 9.17) is 9.47 Å². The predicted molar refractivity (Wildman–Crippen MR) is 98.4 cm³/mol. The van der Waals surface area contributed by atoms with Crippen molar-refractivity contribution in [3.05, 3.63) is 11.6 Å². The summed E-state index contributed by atoms with van der Waals surface area (Å²) < 4.78 is 10.8. The minimum atomic E-state index is -1.23. The van der Waals surface area contributed by atoms with Gasteiger partial charge in [-0.3, -0.25) is 0 Å². The lowest BCUT2D eigenvalue weighted by Gasteiger charge is -2.35. The molecular weight excluding hydrogens is 336 g/mol. The first-order valence-electron chi connectivity index (χ1n) is 9.86. The highest BCUT2D eigenvalue weighted by Crippen LogP contribution is 2.33. The molecule has 6 heteroatoms. The Balaban J connectivity index is 1.62. The zero-order valence-electron chi connectivity index (χ0n) is 16.3. The molecule has 0 amide bonds. The average Bonchev–Trinajstić information content (AvgIpc) is 2.59. The summed E-state index contributed by atoms with van der Waals surface area (Å²) in [6.45, 7) is 6.30. The lowest BCUT2D eigenvalue weighted by atomic mass is 9.78. The van der Waals surface area contributed by atoms with Crippen LogP contribution in [0.3, 0.4) is 0 Å². The fraction of sp³-hybridized carbons (Fsp3) is 0.900. The molecule has 0 radical (unpaired) electrons. The monoisotopic (exact) mass is 372 g/mol. The van der Waals surface area contributed by atoms with Crippen LogP contribution < -0.4 is 0 Å². The Morgan fingerprint density at radius 3 is 2.62 bits per heavy atom. The maximum absolute atomic E-state index is 10.1. The Kier molecular flexibility index (Phi) is 8.07. The van der Waals surface area contributed by atoms with Crippen molar-refractivity contribution in [1.29, 1.82) is 0 Å². The van der Waals surface area contributed by atoms with Crippen LogP contribution in [0.1, 0.15) is 59.3 Å². The van der Waals surface area contributed by atoms with E-state index in [9.17, 15) is 20.4 Å². The molecule has 152 valence electrons. The van der Waals surface area contributed by atoms with E-state index in [0.29, 0.717) is 18.4 Å². The SMILES string of the molecule is C[C@@H](CCCC1=CC[C@@H](C(C)(C)O)CC1)CO[C@@H]1OC[C@H](O)[C@@H](O)[C@H]1O. The standard InChI is InChI=1S/C20H36O6/c1-13(11-25-19-18(23)17(22)16(21)12-26-19)5-4-6-14-7-9-15(10-8-14)20(2,3)24/h7,13,15-19,21-24H,4-6,8-12H2,1-3H3/t13-,15+,16-,17+,18+,19+/m0/s1. The van der Waals surface area contributed by atoms with Gasteiger partial charge < -0.3 is 29.9 Å². The molecule has 6 atom stereocenters. The Labute approximate surface area is 156 Å². The summed E-state index contributed by atoms with van der Waals surface area (Å²) in [7, 11) is 0. The molecule has 1 heterocycles. The summed E-state index contributed by atoms with van der Waals surface area (Å²) in [6.07, 6.45) is 4.17. The van der Waals surface area contributed by atoms with Crippen LogP contribution in [0.4, 0.5) is 0 Å². The van der Waals surface area contributed by atoms with E-state index in [1.54, 1.807) is 0 Å². The molecule has 6 nitrogen and oxygen atoms in total. The minimum Gasteiger partial charge on any atom is -0.390 e. The highest BCUT2D eigenvalue weighted by atomic mass is 16.7. The van der Waals surface area contributed by atoms with Crippen molar-refractivity contribution in [3.63, 3.8) is 0 Å². The van der Waals surface area contributed by atoms with Gasteiger partial charge in [0.05, 0.1) is 18.8 Å². The average molecular weight is 373 g/mol. The van der Waals surface area contributed by atoms with E-state index in [1.165, 1.54) is 5.57 Å². The van der Waals surface area contributed by atoms with Gasteiger partial charge in [-0.1, -0.05) is 18.6 Å². The first-order valence-corrected chi connectivity index (χ1v) is 9.86. The van der Waals surface area contributed by atoms with Crippen LogP contribution in [0.5, 0.6) is 0 Å². The number of aliphatic hydroxyl groups is 4. The van der Waals surface area contributed by atoms with Crippen molar-refractivity contribution in [3.8, 4) is 0 Å². The third kappa shape index (κ3) is 6.29. The van der Waals surface area contributed by atoms with Gasteiger partial charge in [-0.05, 0) is 64.2 Å². The molecule has 0 bridgehead atoms. The van der Waals surface area contributed by atoms with Crippen LogP contribution in [0.25, 0.3) is 0 Å². The smallest absolute Gasteiger partial charge is 0.186 e. The quantitative estimate of drug-likeness (QED) is 0.485. The van der Waals surface area contributed by atoms with Gasteiger partial charge in [-0.2, -0.15) is 0 Å². The molecule has 4 N–H and O–H groups in total. The molecule has 0 aromatic heterocycles. The summed E-state index contributed by atoms with van der Waals surface area (Å²) in [6, 6.07) is 0. The van der Waals surface area contributed by atoms with Gasteiger partial charge in [0, 0.05) is 0 Å². The van der Waals surface area contributed by atoms with Crippen molar-refractivity contribution in [2.75, 3.05) is 13.2 Å². The summed E-state index contributed by atoms with van der Waals surface area (Å²) in [5.41, 5.74) is 0.894. The largest absolute Gasteiger partial charge is 0.390 e. The maximum atomic E-state index is 10.1. The molecular formula is C20H36O6. The molecule has 2 aliphatic rings. The molecule has 1 saturated heterocycles. The van der Waals surface area contributed by atoms with Gasteiger partial charge >= 0.3 is 0 Å². The van der Waals surface area contributed by atoms with E-state index < -0.39 is 30.2 Å². The Morgan fingerprint density at radius 1 is 1.27 bits per heavy atom. The number of hydrogen-bond donors (Lipinski definition) is 4. The lowest BCUT2D eigenvalue weighted by molar-refractivity contribution is -0.272. The van der Waals surface area contributed by atoms with Crippen LogP contribution in [0.15, 0.2) is 11.6 Å². The van der Waals surface area contributed by atoms with Crippen LogP contribution in [0.2, 0.25) is 0 Å². The third-order valence-electron chi connectivity index (χ3n) is 5.70. The molecule has 1 fully saturated rings. The highest BCUT2D eigenvalue weighted by Gasteiger charge is 2.38. The van der Waals surface area contributed by atoms with Crippen molar-refractivity contribution < 1.29 is 29.9 Å². The van der Waals surface area contributed by atoms with E-state index >= 15 is 0 Å². The molecule has 0 unspecified atom stereocenters.